The highest BCUT2D eigenvalue weighted by Gasteiger charge is 2.09. The Hall–Kier alpha value is -2.21. The number of rotatable bonds is 4. The number of nitrogens with one attached hydrogen (secondary N) is 1. The second-order valence-corrected chi connectivity index (χ2v) is 7.11. The van der Waals surface area contributed by atoms with Gasteiger partial charge in [0.15, 0.2) is 9.84 Å². The molecule has 0 aliphatic rings. The molecule has 0 radical (unpaired) electrons. The number of sulfone groups is 1. The predicted octanol–water partition coefficient (Wildman–Crippen LogP) is 2.48. The van der Waals surface area contributed by atoms with Crippen LogP contribution >= 0.6 is 0 Å². The molecule has 0 bridgehead atoms. The molecule has 0 unspecified atom stereocenters. The van der Waals surface area contributed by atoms with E-state index in [-0.39, 0.29) is 4.90 Å². The van der Waals surface area contributed by atoms with Crippen LogP contribution in [0.25, 0.3) is 0 Å². The van der Waals surface area contributed by atoms with Crippen LogP contribution in [0.3, 0.4) is 0 Å². The van der Waals surface area contributed by atoms with Gasteiger partial charge in [0.05, 0.1) is 16.3 Å². The smallest absolute Gasteiger partial charge is 0.175 e. The zero-order valence-electron chi connectivity index (χ0n) is 12.3. The average molecular weight is 305 g/mol. The van der Waals surface area contributed by atoms with E-state index < -0.39 is 9.84 Å². The molecule has 0 heterocycles. The third-order valence-electron chi connectivity index (χ3n) is 3.09. The summed E-state index contributed by atoms with van der Waals surface area (Å²) in [4.78, 5) is 2.22. The van der Waals surface area contributed by atoms with Crippen molar-refractivity contribution in [3.8, 4) is 0 Å². The maximum absolute atomic E-state index is 11.5. The minimum atomic E-state index is -3.25. The zero-order chi connectivity index (χ0) is 15.6. The van der Waals surface area contributed by atoms with E-state index in [1.165, 1.54) is 6.07 Å². The molecular weight excluding hydrogens is 286 g/mol. The van der Waals surface area contributed by atoms with Crippen molar-refractivity contribution in [3.63, 3.8) is 0 Å². The summed E-state index contributed by atoms with van der Waals surface area (Å²) in [6, 6.07) is 12.5. The first kappa shape index (κ1) is 15.2. The molecule has 0 atom stereocenters. The van der Waals surface area contributed by atoms with Gasteiger partial charge in [0, 0.05) is 31.7 Å². The van der Waals surface area contributed by atoms with Crippen LogP contribution in [0, 0.1) is 0 Å². The normalized spacial score (nSPS) is 11.2. The lowest BCUT2D eigenvalue weighted by atomic mass is 10.2. The van der Waals surface area contributed by atoms with Gasteiger partial charge in [-0.15, -0.1) is 0 Å². The van der Waals surface area contributed by atoms with Crippen LogP contribution in [0.15, 0.2) is 47.4 Å². The summed E-state index contributed by atoms with van der Waals surface area (Å²) in [5.41, 5.74) is 8.95. The Morgan fingerprint density at radius 1 is 1.10 bits per heavy atom. The Morgan fingerprint density at radius 2 is 1.81 bits per heavy atom. The van der Waals surface area contributed by atoms with Crippen LogP contribution in [0.4, 0.5) is 22.7 Å². The van der Waals surface area contributed by atoms with E-state index >= 15 is 0 Å². The van der Waals surface area contributed by atoms with Gasteiger partial charge in [0.2, 0.25) is 0 Å². The van der Waals surface area contributed by atoms with Crippen molar-refractivity contribution < 1.29 is 8.42 Å². The summed E-state index contributed by atoms with van der Waals surface area (Å²) < 4.78 is 23.0. The van der Waals surface area contributed by atoms with Gasteiger partial charge < -0.3 is 16.0 Å². The van der Waals surface area contributed by atoms with E-state index in [1.807, 2.05) is 43.3 Å². The van der Waals surface area contributed by atoms with Crippen molar-refractivity contribution in [2.45, 2.75) is 4.90 Å². The topological polar surface area (TPSA) is 75.4 Å². The summed E-state index contributed by atoms with van der Waals surface area (Å²) in [5.74, 6) is 0. The van der Waals surface area contributed by atoms with Crippen LogP contribution in [-0.4, -0.2) is 28.8 Å². The lowest BCUT2D eigenvalue weighted by molar-refractivity contribution is 0.602. The second kappa shape index (κ2) is 5.65. The Bertz CT molecular complexity index is 755. The molecule has 0 saturated heterocycles. The molecule has 0 aliphatic heterocycles. The fourth-order valence-electron chi connectivity index (χ4n) is 1.90. The molecule has 0 fully saturated rings. The summed E-state index contributed by atoms with van der Waals surface area (Å²) in [5, 5.41) is 3.20. The zero-order valence-corrected chi connectivity index (χ0v) is 13.1. The van der Waals surface area contributed by atoms with Crippen LogP contribution in [0.2, 0.25) is 0 Å². The standard InChI is InChI=1S/C15H19N3O2S/c1-18(2)12-6-4-5-11(9-12)17-15-8-7-13(10-14(15)16)21(3,19)20/h4-10,17H,16H2,1-3H3. The first-order valence-electron chi connectivity index (χ1n) is 6.41. The van der Waals surface area contributed by atoms with Crippen LogP contribution < -0.4 is 16.0 Å². The van der Waals surface area contributed by atoms with E-state index in [9.17, 15) is 8.42 Å². The van der Waals surface area contributed by atoms with Crippen molar-refractivity contribution in [2.75, 3.05) is 36.3 Å². The molecule has 3 N–H and O–H groups in total. The average Bonchev–Trinajstić information content (AvgIpc) is 2.40. The fourth-order valence-corrected chi connectivity index (χ4v) is 2.56. The number of benzene rings is 2. The van der Waals surface area contributed by atoms with Gasteiger partial charge in [0.25, 0.3) is 0 Å². The predicted molar refractivity (Wildman–Crippen MR) is 88.0 cm³/mol. The van der Waals surface area contributed by atoms with E-state index in [0.29, 0.717) is 11.4 Å². The molecule has 2 rings (SSSR count). The molecule has 0 aromatic heterocycles. The number of nitrogens with two attached hydrogens (primary N) is 1. The largest absolute Gasteiger partial charge is 0.397 e. The van der Waals surface area contributed by atoms with Gasteiger partial charge in [-0.2, -0.15) is 0 Å². The molecule has 112 valence electrons. The minimum absolute atomic E-state index is 0.215. The Balaban J connectivity index is 2.30. The molecule has 0 aliphatic carbocycles. The van der Waals surface area contributed by atoms with Crippen molar-refractivity contribution >= 4 is 32.6 Å². The van der Waals surface area contributed by atoms with Gasteiger partial charge in [-0.3, -0.25) is 0 Å². The number of nitrogens with zero attached hydrogens (tertiary/aromatic N) is 1. The fraction of sp³-hybridized carbons (Fsp3) is 0.200. The van der Waals surface area contributed by atoms with Crippen molar-refractivity contribution in [1.29, 1.82) is 0 Å². The highest BCUT2D eigenvalue weighted by Crippen LogP contribution is 2.27. The molecule has 21 heavy (non-hydrogen) atoms. The van der Waals surface area contributed by atoms with Crippen LogP contribution in [-0.2, 0) is 9.84 Å². The first-order valence-corrected chi connectivity index (χ1v) is 8.30. The molecule has 5 nitrogen and oxygen atoms in total. The van der Waals surface area contributed by atoms with Crippen molar-refractivity contribution in [3.05, 3.63) is 42.5 Å². The summed E-state index contributed by atoms with van der Waals surface area (Å²) in [6.07, 6.45) is 1.16. The number of anilines is 4. The minimum Gasteiger partial charge on any atom is -0.397 e. The molecular formula is C15H19N3O2S. The number of nitrogen functional groups attached to an aromatic ring is 1. The first-order chi connectivity index (χ1) is 9.77. The Morgan fingerprint density at radius 3 is 2.38 bits per heavy atom. The molecule has 0 amide bonds. The molecule has 2 aromatic rings. The van der Waals surface area contributed by atoms with Crippen LogP contribution in [0.5, 0.6) is 0 Å². The lowest BCUT2D eigenvalue weighted by Crippen LogP contribution is -2.08. The molecule has 6 heteroatoms. The third-order valence-corrected chi connectivity index (χ3v) is 4.20. The van der Waals surface area contributed by atoms with E-state index in [2.05, 4.69) is 5.32 Å². The second-order valence-electron chi connectivity index (χ2n) is 5.09. The van der Waals surface area contributed by atoms with Crippen molar-refractivity contribution in [1.82, 2.24) is 0 Å². The monoisotopic (exact) mass is 305 g/mol. The van der Waals surface area contributed by atoms with Gasteiger partial charge in [-0.1, -0.05) is 6.07 Å². The lowest BCUT2D eigenvalue weighted by Gasteiger charge is -2.15. The highest BCUT2D eigenvalue weighted by molar-refractivity contribution is 7.90. The van der Waals surface area contributed by atoms with Crippen LogP contribution in [0.1, 0.15) is 0 Å². The Kier molecular flexibility index (Phi) is 4.09. The quantitative estimate of drug-likeness (QED) is 0.849. The highest BCUT2D eigenvalue weighted by atomic mass is 32.2. The SMILES string of the molecule is CN(C)c1cccc(Nc2ccc(S(C)(=O)=O)cc2N)c1. The Labute approximate surface area is 125 Å². The maximum atomic E-state index is 11.5. The molecule has 0 spiro atoms. The van der Waals surface area contributed by atoms with E-state index in [0.717, 1.165) is 17.6 Å². The maximum Gasteiger partial charge on any atom is 0.175 e. The van der Waals surface area contributed by atoms with Gasteiger partial charge in [0.1, 0.15) is 0 Å². The molecule has 0 saturated carbocycles. The van der Waals surface area contributed by atoms with Gasteiger partial charge >= 0.3 is 0 Å². The number of hydrogen-bond acceptors (Lipinski definition) is 5. The summed E-state index contributed by atoms with van der Waals surface area (Å²) in [7, 11) is 0.686. The van der Waals surface area contributed by atoms with E-state index in [1.54, 1.807) is 12.1 Å². The van der Waals surface area contributed by atoms with E-state index in [4.69, 9.17) is 5.73 Å². The number of hydrogen-bond donors (Lipinski definition) is 2. The summed E-state index contributed by atoms with van der Waals surface area (Å²) >= 11 is 0. The molecule has 2 aromatic carbocycles. The summed E-state index contributed by atoms with van der Waals surface area (Å²) in [6.45, 7) is 0. The van der Waals surface area contributed by atoms with Gasteiger partial charge in [-0.05, 0) is 36.4 Å². The van der Waals surface area contributed by atoms with Gasteiger partial charge in [-0.25, -0.2) is 8.42 Å². The third kappa shape index (κ3) is 3.66. The van der Waals surface area contributed by atoms with Crippen molar-refractivity contribution in [2.24, 2.45) is 0 Å².